The molecule has 0 bridgehead atoms. The maximum Gasteiger partial charge on any atom is 0.416 e. The van der Waals surface area contributed by atoms with E-state index in [9.17, 15) is 21.6 Å². The van der Waals surface area contributed by atoms with E-state index in [0.717, 1.165) is 18.7 Å². The van der Waals surface area contributed by atoms with E-state index in [0.29, 0.717) is 32.2 Å². The molecule has 4 nitrogen and oxygen atoms in total. The van der Waals surface area contributed by atoms with Gasteiger partial charge in [0.25, 0.3) is 0 Å². The van der Waals surface area contributed by atoms with E-state index >= 15 is 0 Å². The molecule has 27 heavy (non-hydrogen) atoms. The zero-order valence-electron chi connectivity index (χ0n) is 15.0. The van der Waals surface area contributed by atoms with Crippen LogP contribution in [0.15, 0.2) is 53.4 Å². The number of benzene rings is 2. The third-order valence-corrected chi connectivity index (χ3v) is 6.82. The van der Waals surface area contributed by atoms with E-state index in [1.54, 1.807) is 0 Å². The normalized spacial score (nSPS) is 17.2. The maximum atomic E-state index is 12.9. The van der Waals surface area contributed by atoms with Gasteiger partial charge in [0.05, 0.1) is 36.6 Å². The Morgan fingerprint density at radius 1 is 1.04 bits per heavy atom. The van der Waals surface area contributed by atoms with Crippen molar-refractivity contribution < 1.29 is 26.5 Å². The fraction of sp³-hybridized carbons (Fsp3) is 0.368. The van der Waals surface area contributed by atoms with Crippen LogP contribution in [0.25, 0.3) is 0 Å². The minimum Gasteiger partial charge on any atom is -0.329 e. The fourth-order valence-corrected chi connectivity index (χ4v) is 4.77. The molecular formula is C19H22F3N2O2S+. The molecule has 1 aliphatic rings. The third-order valence-electron chi connectivity index (χ3n) is 4.93. The van der Waals surface area contributed by atoms with Crippen LogP contribution in [-0.2, 0) is 22.7 Å². The summed E-state index contributed by atoms with van der Waals surface area (Å²) in [5.41, 5.74) is 1.47. The van der Waals surface area contributed by atoms with E-state index < -0.39 is 21.8 Å². The molecule has 1 N–H and O–H groups in total. The molecule has 3 rings (SSSR count). The zero-order chi connectivity index (χ0) is 19.7. The Kier molecular flexibility index (Phi) is 5.60. The summed E-state index contributed by atoms with van der Waals surface area (Å²) < 4.78 is 65.4. The molecule has 0 aliphatic carbocycles. The largest absolute Gasteiger partial charge is 0.416 e. The fourth-order valence-electron chi connectivity index (χ4n) is 3.28. The lowest BCUT2D eigenvalue weighted by atomic mass is 10.1. The Labute approximate surface area is 157 Å². The number of nitrogens with one attached hydrogen (secondary N) is 1. The maximum absolute atomic E-state index is 12.9. The number of rotatable bonds is 4. The standard InChI is InChI=1S/C19H21F3N2O2S/c1-15-5-2-3-6-16(15)14-23-9-11-24(12-10-23)27(25,26)18-8-4-7-17(13-18)19(20,21)22/h2-8,13H,9-12,14H2,1H3/p+1. The van der Waals surface area contributed by atoms with Crippen molar-refractivity contribution in [1.29, 1.82) is 0 Å². The van der Waals surface area contributed by atoms with Crippen LogP contribution in [0.1, 0.15) is 16.7 Å². The molecule has 0 saturated carbocycles. The molecule has 1 saturated heterocycles. The van der Waals surface area contributed by atoms with E-state index in [2.05, 4.69) is 6.07 Å². The molecule has 0 aromatic heterocycles. The third kappa shape index (κ3) is 4.51. The number of quaternary nitrogens is 1. The molecule has 2 aromatic carbocycles. The molecule has 0 radical (unpaired) electrons. The van der Waals surface area contributed by atoms with Crippen molar-refractivity contribution in [3.63, 3.8) is 0 Å². The summed E-state index contributed by atoms with van der Waals surface area (Å²) in [5, 5.41) is 0. The summed E-state index contributed by atoms with van der Waals surface area (Å²) in [6.07, 6.45) is -4.57. The highest BCUT2D eigenvalue weighted by Gasteiger charge is 2.34. The summed E-state index contributed by atoms with van der Waals surface area (Å²) >= 11 is 0. The SMILES string of the molecule is Cc1ccccc1C[NH+]1CCN(S(=O)(=O)c2cccc(C(F)(F)F)c2)CC1. The van der Waals surface area contributed by atoms with Gasteiger partial charge in [-0.1, -0.05) is 30.3 Å². The molecule has 1 heterocycles. The van der Waals surface area contributed by atoms with Gasteiger partial charge in [0.2, 0.25) is 10.0 Å². The van der Waals surface area contributed by atoms with Gasteiger partial charge < -0.3 is 4.90 Å². The summed E-state index contributed by atoms with van der Waals surface area (Å²) in [6, 6.07) is 12.0. The van der Waals surface area contributed by atoms with Gasteiger partial charge in [-0.3, -0.25) is 0 Å². The molecule has 1 aliphatic heterocycles. The van der Waals surface area contributed by atoms with Crippen molar-refractivity contribution in [2.75, 3.05) is 26.2 Å². The molecule has 146 valence electrons. The quantitative estimate of drug-likeness (QED) is 0.856. The monoisotopic (exact) mass is 399 g/mol. The van der Waals surface area contributed by atoms with Crippen molar-refractivity contribution in [3.05, 3.63) is 65.2 Å². The number of halogens is 3. The molecule has 2 aromatic rings. The van der Waals surface area contributed by atoms with Crippen LogP contribution in [0.5, 0.6) is 0 Å². The van der Waals surface area contributed by atoms with E-state index in [1.807, 2.05) is 25.1 Å². The molecular weight excluding hydrogens is 377 g/mol. The van der Waals surface area contributed by atoms with Crippen molar-refractivity contribution in [2.24, 2.45) is 0 Å². The minimum absolute atomic E-state index is 0.291. The first-order chi connectivity index (χ1) is 12.7. The van der Waals surface area contributed by atoms with Crippen molar-refractivity contribution in [2.45, 2.75) is 24.5 Å². The van der Waals surface area contributed by atoms with Gasteiger partial charge in [0, 0.05) is 5.56 Å². The topological polar surface area (TPSA) is 41.8 Å². The first-order valence-corrected chi connectivity index (χ1v) is 10.2. The second kappa shape index (κ2) is 7.61. The highest BCUT2D eigenvalue weighted by atomic mass is 32.2. The number of nitrogens with zero attached hydrogens (tertiary/aromatic N) is 1. The Morgan fingerprint density at radius 3 is 2.33 bits per heavy atom. The van der Waals surface area contributed by atoms with Crippen LogP contribution in [0, 0.1) is 6.92 Å². The Balaban J connectivity index is 1.69. The van der Waals surface area contributed by atoms with Crippen molar-refractivity contribution >= 4 is 10.0 Å². The van der Waals surface area contributed by atoms with Gasteiger partial charge in [-0.25, -0.2) is 8.42 Å². The number of hydrogen-bond acceptors (Lipinski definition) is 2. The number of piperazine rings is 1. The van der Waals surface area contributed by atoms with Crippen LogP contribution < -0.4 is 4.90 Å². The number of aryl methyl sites for hydroxylation is 1. The van der Waals surface area contributed by atoms with Gasteiger partial charge in [0.1, 0.15) is 6.54 Å². The Hall–Kier alpha value is -1.90. The average molecular weight is 399 g/mol. The lowest BCUT2D eigenvalue weighted by Gasteiger charge is -2.32. The predicted octanol–water partition coefficient (Wildman–Crippen LogP) is 2.10. The first kappa shape index (κ1) is 19.9. The van der Waals surface area contributed by atoms with Crippen LogP contribution in [-0.4, -0.2) is 38.9 Å². The van der Waals surface area contributed by atoms with E-state index in [1.165, 1.54) is 26.4 Å². The summed E-state index contributed by atoms with van der Waals surface area (Å²) in [6.45, 7) is 4.67. The number of sulfonamides is 1. The lowest BCUT2D eigenvalue weighted by Crippen LogP contribution is -3.13. The number of alkyl halides is 3. The van der Waals surface area contributed by atoms with Gasteiger partial charge in [-0.2, -0.15) is 17.5 Å². The highest BCUT2D eigenvalue weighted by molar-refractivity contribution is 7.89. The van der Waals surface area contributed by atoms with Crippen LogP contribution in [0.3, 0.4) is 0 Å². The van der Waals surface area contributed by atoms with Gasteiger partial charge in [-0.15, -0.1) is 0 Å². The molecule has 0 atom stereocenters. The number of hydrogen-bond donors (Lipinski definition) is 1. The van der Waals surface area contributed by atoms with Crippen molar-refractivity contribution in [1.82, 2.24) is 4.31 Å². The summed E-state index contributed by atoms with van der Waals surface area (Å²) in [7, 11) is -3.93. The Bertz CT molecular complexity index is 905. The molecule has 0 spiro atoms. The van der Waals surface area contributed by atoms with E-state index in [-0.39, 0.29) is 4.90 Å². The van der Waals surface area contributed by atoms with Crippen LogP contribution in [0.2, 0.25) is 0 Å². The highest BCUT2D eigenvalue weighted by Crippen LogP contribution is 2.31. The smallest absolute Gasteiger partial charge is 0.329 e. The van der Waals surface area contributed by atoms with Gasteiger partial charge in [0.15, 0.2) is 0 Å². The van der Waals surface area contributed by atoms with Gasteiger partial charge in [-0.05, 0) is 30.7 Å². The summed E-state index contributed by atoms with van der Waals surface area (Å²) in [4.78, 5) is 0.958. The molecule has 8 heteroatoms. The van der Waals surface area contributed by atoms with Crippen LogP contribution in [0.4, 0.5) is 13.2 Å². The average Bonchev–Trinajstić information content (AvgIpc) is 2.63. The Morgan fingerprint density at radius 2 is 1.70 bits per heavy atom. The summed E-state index contributed by atoms with van der Waals surface area (Å²) in [5.74, 6) is 0. The first-order valence-electron chi connectivity index (χ1n) is 8.73. The van der Waals surface area contributed by atoms with E-state index in [4.69, 9.17) is 0 Å². The lowest BCUT2D eigenvalue weighted by molar-refractivity contribution is -0.917. The molecule has 0 amide bonds. The predicted molar refractivity (Wildman–Crippen MR) is 95.8 cm³/mol. The molecule has 0 unspecified atom stereocenters. The second-order valence-electron chi connectivity index (χ2n) is 6.78. The van der Waals surface area contributed by atoms with Gasteiger partial charge >= 0.3 is 6.18 Å². The van der Waals surface area contributed by atoms with Crippen LogP contribution >= 0.6 is 0 Å². The minimum atomic E-state index is -4.57. The zero-order valence-corrected chi connectivity index (χ0v) is 15.8. The second-order valence-corrected chi connectivity index (χ2v) is 8.72. The molecule has 1 fully saturated rings. The van der Waals surface area contributed by atoms with Crippen molar-refractivity contribution in [3.8, 4) is 0 Å².